The first kappa shape index (κ1) is 19.3. The summed E-state index contributed by atoms with van der Waals surface area (Å²) in [6, 6.07) is 13.1. The summed E-state index contributed by atoms with van der Waals surface area (Å²) in [6.07, 6.45) is 1.39. The van der Waals surface area contributed by atoms with Crippen LogP contribution in [-0.2, 0) is 21.1 Å². The molecular formula is C18H20ClNO4S. The number of carbonyl (C=O) groups is 1. The molecule has 0 unspecified atom stereocenters. The minimum atomic E-state index is -3.58. The van der Waals surface area contributed by atoms with E-state index < -0.39 is 9.84 Å². The van der Waals surface area contributed by atoms with Crippen LogP contribution in [-0.4, -0.2) is 31.7 Å². The van der Waals surface area contributed by atoms with Gasteiger partial charge in [0.2, 0.25) is 5.91 Å². The molecule has 0 saturated carbocycles. The number of phenols is 1. The van der Waals surface area contributed by atoms with Crippen molar-refractivity contribution >= 4 is 27.3 Å². The van der Waals surface area contributed by atoms with Crippen LogP contribution in [0.5, 0.6) is 5.75 Å². The van der Waals surface area contributed by atoms with Gasteiger partial charge in [0.15, 0.2) is 9.84 Å². The SMILES string of the molecule is O=C(CCS(=O)(=O)c1ccccc1Cl)NCCCc1ccc(O)cc1. The summed E-state index contributed by atoms with van der Waals surface area (Å²) < 4.78 is 24.4. The van der Waals surface area contributed by atoms with Crippen LogP contribution >= 0.6 is 11.6 Å². The first-order chi connectivity index (χ1) is 11.9. The van der Waals surface area contributed by atoms with E-state index in [-0.39, 0.29) is 33.7 Å². The molecule has 2 N–H and O–H groups in total. The molecule has 2 aromatic carbocycles. The smallest absolute Gasteiger partial charge is 0.221 e. The van der Waals surface area contributed by atoms with Crippen molar-refractivity contribution in [1.82, 2.24) is 5.32 Å². The largest absolute Gasteiger partial charge is 0.508 e. The molecule has 0 aliphatic heterocycles. The van der Waals surface area contributed by atoms with Crippen LogP contribution in [0, 0.1) is 0 Å². The van der Waals surface area contributed by atoms with E-state index in [9.17, 15) is 18.3 Å². The number of hydrogen-bond donors (Lipinski definition) is 2. The van der Waals surface area contributed by atoms with Gasteiger partial charge >= 0.3 is 0 Å². The number of phenolic OH excluding ortho intramolecular Hbond substituents is 1. The number of halogens is 1. The number of nitrogens with one attached hydrogen (secondary N) is 1. The van der Waals surface area contributed by atoms with Gasteiger partial charge in [-0.15, -0.1) is 0 Å². The molecule has 0 heterocycles. The Labute approximate surface area is 152 Å². The van der Waals surface area contributed by atoms with Crippen molar-refractivity contribution in [3.05, 3.63) is 59.1 Å². The van der Waals surface area contributed by atoms with Gasteiger partial charge in [-0.25, -0.2) is 8.42 Å². The molecule has 0 fully saturated rings. The van der Waals surface area contributed by atoms with Gasteiger partial charge in [0.25, 0.3) is 0 Å². The molecule has 5 nitrogen and oxygen atoms in total. The second-order valence-corrected chi connectivity index (χ2v) is 8.10. The lowest BCUT2D eigenvalue weighted by atomic mass is 10.1. The van der Waals surface area contributed by atoms with Gasteiger partial charge in [0, 0.05) is 13.0 Å². The van der Waals surface area contributed by atoms with Crippen molar-refractivity contribution in [2.75, 3.05) is 12.3 Å². The number of hydrogen-bond acceptors (Lipinski definition) is 4. The molecule has 2 aromatic rings. The van der Waals surface area contributed by atoms with Gasteiger partial charge in [-0.05, 0) is 42.7 Å². The van der Waals surface area contributed by atoms with E-state index in [0.717, 1.165) is 18.4 Å². The van der Waals surface area contributed by atoms with E-state index in [1.807, 2.05) is 12.1 Å². The third kappa shape index (κ3) is 6.07. The van der Waals surface area contributed by atoms with Crippen LogP contribution in [0.25, 0.3) is 0 Å². The van der Waals surface area contributed by atoms with Gasteiger partial charge in [0.05, 0.1) is 15.7 Å². The Balaban J connectivity index is 1.73. The number of benzene rings is 2. The Morgan fingerprint density at radius 2 is 1.76 bits per heavy atom. The van der Waals surface area contributed by atoms with Crippen molar-refractivity contribution < 1.29 is 18.3 Å². The highest BCUT2D eigenvalue weighted by Crippen LogP contribution is 2.22. The average Bonchev–Trinajstić information content (AvgIpc) is 2.59. The molecule has 1 amide bonds. The normalized spacial score (nSPS) is 11.2. The van der Waals surface area contributed by atoms with E-state index in [1.54, 1.807) is 24.3 Å². The summed E-state index contributed by atoms with van der Waals surface area (Å²) >= 11 is 5.90. The molecule has 0 aliphatic carbocycles. The molecule has 7 heteroatoms. The summed E-state index contributed by atoms with van der Waals surface area (Å²) in [4.78, 5) is 11.9. The van der Waals surface area contributed by atoms with Gasteiger partial charge < -0.3 is 10.4 Å². The second-order valence-electron chi connectivity index (χ2n) is 5.62. The predicted octanol–water partition coefficient (Wildman–Crippen LogP) is 2.96. The third-order valence-electron chi connectivity index (χ3n) is 3.67. The maximum Gasteiger partial charge on any atom is 0.221 e. The van der Waals surface area contributed by atoms with E-state index in [1.165, 1.54) is 12.1 Å². The van der Waals surface area contributed by atoms with Gasteiger partial charge in [-0.3, -0.25) is 4.79 Å². The molecule has 0 aromatic heterocycles. The topological polar surface area (TPSA) is 83.5 Å². The first-order valence-electron chi connectivity index (χ1n) is 7.90. The second kappa shape index (κ2) is 8.87. The zero-order valence-corrected chi connectivity index (χ0v) is 15.2. The molecular weight excluding hydrogens is 362 g/mol. The molecule has 0 radical (unpaired) electrons. The highest BCUT2D eigenvalue weighted by atomic mass is 35.5. The Hall–Kier alpha value is -2.05. The molecule has 134 valence electrons. The fourth-order valence-corrected chi connectivity index (χ4v) is 4.12. The van der Waals surface area contributed by atoms with Crippen molar-refractivity contribution in [3.63, 3.8) is 0 Å². The van der Waals surface area contributed by atoms with Crippen LogP contribution in [0.2, 0.25) is 5.02 Å². The minimum Gasteiger partial charge on any atom is -0.508 e. The number of aryl methyl sites for hydroxylation is 1. The van der Waals surface area contributed by atoms with E-state index >= 15 is 0 Å². The lowest BCUT2D eigenvalue weighted by Crippen LogP contribution is -2.26. The Kier molecular flexibility index (Phi) is 6.84. The zero-order valence-electron chi connectivity index (χ0n) is 13.6. The maximum atomic E-state index is 12.2. The molecule has 0 bridgehead atoms. The Morgan fingerprint density at radius 1 is 1.08 bits per heavy atom. The summed E-state index contributed by atoms with van der Waals surface area (Å²) in [5.74, 6) is -0.362. The summed E-state index contributed by atoms with van der Waals surface area (Å²) in [5, 5.41) is 12.1. The fourth-order valence-electron chi connectivity index (χ4n) is 2.31. The molecule has 0 saturated heterocycles. The van der Waals surface area contributed by atoms with Crippen molar-refractivity contribution in [3.8, 4) is 5.75 Å². The molecule has 0 atom stereocenters. The quantitative estimate of drug-likeness (QED) is 0.688. The standard InChI is InChI=1S/C18H20ClNO4S/c19-16-5-1-2-6-17(16)25(23,24)13-11-18(22)20-12-3-4-14-7-9-15(21)10-8-14/h1-2,5-10,21H,3-4,11-13H2,(H,20,22). The number of aromatic hydroxyl groups is 1. The van der Waals surface area contributed by atoms with Crippen LogP contribution in [0.4, 0.5) is 0 Å². The zero-order chi connectivity index (χ0) is 18.3. The Morgan fingerprint density at radius 3 is 2.44 bits per heavy atom. The van der Waals surface area contributed by atoms with Crippen LogP contribution in [0.1, 0.15) is 18.4 Å². The number of rotatable bonds is 8. The highest BCUT2D eigenvalue weighted by molar-refractivity contribution is 7.91. The van der Waals surface area contributed by atoms with E-state index in [2.05, 4.69) is 5.32 Å². The third-order valence-corrected chi connectivity index (χ3v) is 5.88. The van der Waals surface area contributed by atoms with E-state index in [4.69, 9.17) is 11.6 Å². The van der Waals surface area contributed by atoms with Crippen LogP contribution in [0.15, 0.2) is 53.4 Å². The molecule has 25 heavy (non-hydrogen) atoms. The first-order valence-corrected chi connectivity index (χ1v) is 9.93. The van der Waals surface area contributed by atoms with E-state index in [0.29, 0.717) is 6.54 Å². The van der Waals surface area contributed by atoms with Gasteiger partial charge in [-0.2, -0.15) is 0 Å². The van der Waals surface area contributed by atoms with Crippen molar-refractivity contribution in [1.29, 1.82) is 0 Å². The minimum absolute atomic E-state index is 0.0526. The summed E-state index contributed by atoms with van der Waals surface area (Å²) in [6.45, 7) is 0.464. The fraction of sp³-hybridized carbons (Fsp3) is 0.278. The number of sulfone groups is 1. The van der Waals surface area contributed by atoms with Crippen LogP contribution in [0.3, 0.4) is 0 Å². The van der Waals surface area contributed by atoms with Crippen molar-refractivity contribution in [2.24, 2.45) is 0 Å². The lowest BCUT2D eigenvalue weighted by Gasteiger charge is -2.08. The number of carbonyl (C=O) groups excluding carboxylic acids is 1. The molecule has 0 aliphatic rings. The molecule has 2 rings (SSSR count). The molecule has 0 spiro atoms. The van der Waals surface area contributed by atoms with Gasteiger partial charge in [-0.1, -0.05) is 35.9 Å². The Bertz CT molecular complexity index is 819. The highest BCUT2D eigenvalue weighted by Gasteiger charge is 2.18. The number of amides is 1. The maximum absolute atomic E-state index is 12.2. The monoisotopic (exact) mass is 381 g/mol. The predicted molar refractivity (Wildman–Crippen MR) is 97.6 cm³/mol. The summed E-state index contributed by atoms with van der Waals surface area (Å²) in [5.41, 5.74) is 1.06. The summed E-state index contributed by atoms with van der Waals surface area (Å²) in [7, 11) is -3.58. The average molecular weight is 382 g/mol. The lowest BCUT2D eigenvalue weighted by molar-refractivity contribution is -0.120. The van der Waals surface area contributed by atoms with Crippen molar-refractivity contribution in [2.45, 2.75) is 24.2 Å². The van der Waals surface area contributed by atoms with Crippen LogP contribution < -0.4 is 5.32 Å². The van der Waals surface area contributed by atoms with Gasteiger partial charge in [0.1, 0.15) is 5.75 Å².